The van der Waals surface area contributed by atoms with Crippen molar-refractivity contribution >= 4 is 5.69 Å². The van der Waals surface area contributed by atoms with Crippen LogP contribution in [0.25, 0.3) is 5.82 Å². The summed E-state index contributed by atoms with van der Waals surface area (Å²) in [6, 6.07) is 2.90. The van der Waals surface area contributed by atoms with Gasteiger partial charge in [0, 0.05) is 31.4 Å². The Morgan fingerprint density at radius 1 is 1.44 bits per heavy atom. The van der Waals surface area contributed by atoms with Gasteiger partial charge in [-0.25, -0.2) is 4.39 Å². The predicted octanol–water partition coefficient (Wildman–Crippen LogP) is 1.53. The van der Waals surface area contributed by atoms with Gasteiger partial charge in [0.15, 0.2) is 5.82 Å². The fraction of sp³-hybridized carbons (Fsp3) is 0.333. The molecule has 0 spiro atoms. The molecule has 6 heteroatoms. The molecule has 0 radical (unpaired) electrons. The molecule has 96 valence electrons. The van der Waals surface area contributed by atoms with Crippen LogP contribution in [0.1, 0.15) is 13.8 Å². The predicted molar refractivity (Wildman–Crippen MR) is 67.5 cm³/mol. The summed E-state index contributed by atoms with van der Waals surface area (Å²) in [6.45, 7) is 3.77. The first-order chi connectivity index (χ1) is 8.47. The minimum Gasteiger partial charge on any atom is -0.378 e. The molecule has 0 fully saturated rings. The number of aromatic nitrogens is 3. The molecule has 0 unspecified atom stereocenters. The van der Waals surface area contributed by atoms with Gasteiger partial charge in [-0.15, -0.1) is 0 Å². The topological polar surface area (TPSA) is 51.9 Å². The van der Waals surface area contributed by atoms with Crippen molar-refractivity contribution in [3.05, 3.63) is 40.7 Å². The zero-order valence-electron chi connectivity index (χ0n) is 10.5. The lowest BCUT2D eigenvalue weighted by molar-refractivity contribution is 0.610. The van der Waals surface area contributed by atoms with E-state index < -0.39 is 5.82 Å². The number of anilines is 1. The van der Waals surface area contributed by atoms with Gasteiger partial charge >= 0.3 is 0 Å². The van der Waals surface area contributed by atoms with E-state index in [0.29, 0.717) is 5.82 Å². The van der Waals surface area contributed by atoms with Crippen LogP contribution in [0.2, 0.25) is 0 Å². The molecule has 0 aliphatic heterocycles. The van der Waals surface area contributed by atoms with Gasteiger partial charge in [0.2, 0.25) is 0 Å². The van der Waals surface area contributed by atoms with Gasteiger partial charge in [-0.1, -0.05) is 0 Å². The van der Waals surface area contributed by atoms with E-state index in [1.807, 2.05) is 13.8 Å². The van der Waals surface area contributed by atoms with Crippen molar-refractivity contribution < 1.29 is 4.39 Å². The van der Waals surface area contributed by atoms with Gasteiger partial charge in [0.25, 0.3) is 5.56 Å². The van der Waals surface area contributed by atoms with E-state index in [0.717, 1.165) is 6.20 Å². The molecule has 0 bridgehead atoms. The molecule has 0 saturated heterocycles. The van der Waals surface area contributed by atoms with Crippen molar-refractivity contribution in [2.75, 3.05) is 5.32 Å². The molecule has 5 nitrogen and oxygen atoms in total. The number of nitrogens with one attached hydrogen (secondary N) is 1. The van der Waals surface area contributed by atoms with E-state index in [1.165, 1.54) is 10.6 Å². The van der Waals surface area contributed by atoms with Crippen molar-refractivity contribution in [1.29, 1.82) is 0 Å². The number of hydrogen-bond donors (Lipinski definition) is 1. The normalized spacial score (nSPS) is 10.9. The fourth-order valence-corrected chi connectivity index (χ4v) is 1.66. The molecular formula is C12H15FN4O. The average molecular weight is 250 g/mol. The Labute approximate surface area is 104 Å². The highest BCUT2D eigenvalue weighted by molar-refractivity contribution is 5.43. The molecule has 0 atom stereocenters. The summed E-state index contributed by atoms with van der Waals surface area (Å²) in [5, 5.41) is 7.01. The van der Waals surface area contributed by atoms with Gasteiger partial charge in [-0.05, 0) is 13.8 Å². The summed E-state index contributed by atoms with van der Waals surface area (Å²) >= 11 is 0. The van der Waals surface area contributed by atoms with E-state index in [1.54, 1.807) is 24.0 Å². The summed E-state index contributed by atoms with van der Waals surface area (Å²) in [4.78, 5) is 12.2. The third-order valence-corrected chi connectivity index (χ3v) is 2.37. The SMILES string of the molecule is CC(C)Nc1cc(F)cn(-c2ccn(C)n2)c1=O. The van der Waals surface area contributed by atoms with Crippen LogP contribution in [0.5, 0.6) is 0 Å². The Balaban J connectivity index is 2.54. The molecule has 0 aliphatic rings. The van der Waals surface area contributed by atoms with Gasteiger partial charge in [-0.2, -0.15) is 5.10 Å². The van der Waals surface area contributed by atoms with E-state index >= 15 is 0 Å². The quantitative estimate of drug-likeness (QED) is 0.898. The largest absolute Gasteiger partial charge is 0.378 e. The fourth-order valence-electron chi connectivity index (χ4n) is 1.66. The highest BCUT2D eigenvalue weighted by atomic mass is 19.1. The Kier molecular flexibility index (Phi) is 3.18. The number of hydrogen-bond acceptors (Lipinski definition) is 3. The van der Waals surface area contributed by atoms with Gasteiger partial charge in [-0.3, -0.25) is 14.0 Å². The third kappa shape index (κ3) is 2.42. The average Bonchev–Trinajstić information content (AvgIpc) is 2.69. The van der Waals surface area contributed by atoms with E-state index in [2.05, 4.69) is 10.4 Å². The highest BCUT2D eigenvalue weighted by Crippen LogP contribution is 2.09. The van der Waals surface area contributed by atoms with Gasteiger partial charge in [0.1, 0.15) is 11.5 Å². The second-order valence-corrected chi connectivity index (χ2v) is 4.39. The first kappa shape index (κ1) is 12.3. The summed E-state index contributed by atoms with van der Waals surface area (Å²) in [5.41, 5.74) is -0.0838. The molecule has 0 amide bonds. The summed E-state index contributed by atoms with van der Waals surface area (Å²) in [7, 11) is 1.74. The Hall–Kier alpha value is -2.11. The third-order valence-electron chi connectivity index (χ3n) is 2.37. The number of nitrogens with zero attached hydrogens (tertiary/aromatic N) is 3. The summed E-state index contributed by atoms with van der Waals surface area (Å²) in [5.74, 6) is -0.0859. The molecule has 0 aliphatic carbocycles. The summed E-state index contributed by atoms with van der Waals surface area (Å²) < 4.78 is 16.3. The number of pyridine rings is 1. The van der Waals surface area contributed by atoms with Crippen LogP contribution in [0.15, 0.2) is 29.3 Å². The maximum Gasteiger partial charge on any atom is 0.279 e. The summed E-state index contributed by atoms with van der Waals surface area (Å²) in [6.07, 6.45) is 2.83. The van der Waals surface area contributed by atoms with Crippen LogP contribution in [-0.2, 0) is 7.05 Å². The number of rotatable bonds is 3. The molecule has 0 saturated carbocycles. The molecule has 2 aromatic heterocycles. The van der Waals surface area contributed by atoms with Crippen LogP contribution >= 0.6 is 0 Å². The second-order valence-electron chi connectivity index (χ2n) is 4.39. The van der Waals surface area contributed by atoms with Crippen molar-refractivity contribution in [2.24, 2.45) is 7.05 Å². The van der Waals surface area contributed by atoms with E-state index in [-0.39, 0.29) is 17.3 Å². The Morgan fingerprint density at radius 3 is 2.72 bits per heavy atom. The highest BCUT2D eigenvalue weighted by Gasteiger charge is 2.10. The van der Waals surface area contributed by atoms with Crippen LogP contribution in [-0.4, -0.2) is 20.4 Å². The second kappa shape index (κ2) is 4.64. The van der Waals surface area contributed by atoms with Crippen molar-refractivity contribution in [1.82, 2.24) is 14.3 Å². The van der Waals surface area contributed by atoms with Crippen LogP contribution in [0.4, 0.5) is 10.1 Å². The standard InChI is InChI=1S/C12H15FN4O/c1-8(2)14-10-6-9(13)7-17(12(10)18)11-4-5-16(3)15-11/h4-8,14H,1-3H3. The van der Waals surface area contributed by atoms with E-state index in [4.69, 9.17) is 0 Å². The van der Waals surface area contributed by atoms with Crippen LogP contribution in [0.3, 0.4) is 0 Å². The van der Waals surface area contributed by atoms with Crippen molar-refractivity contribution in [3.8, 4) is 5.82 Å². The zero-order chi connectivity index (χ0) is 13.3. The molecule has 2 rings (SSSR count). The molecule has 2 heterocycles. The van der Waals surface area contributed by atoms with Crippen LogP contribution < -0.4 is 10.9 Å². The molecular weight excluding hydrogens is 235 g/mol. The lowest BCUT2D eigenvalue weighted by atomic mass is 10.3. The maximum absolute atomic E-state index is 13.5. The molecule has 2 aromatic rings. The number of aryl methyl sites for hydroxylation is 1. The Morgan fingerprint density at radius 2 is 2.17 bits per heavy atom. The first-order valence-corrected chi connectivity index (χ1v) is 5.66. The minimum atomic E-state index is -0.483. The first-order valence-electron chi connectivity index (χ1n) is 5.66. The lowest BCUT2D eigenvalue weighted by Gasteiger charge is -2.11. The van der Waals surface area contributed by atoms with Crippen molar-refractivity contribution in [2.45, 2.75) is 19.9 Å². The molecule has 18 heavy (non-hydrogen) atoms. The maximum atomic E-state index is 13.5. The van der Waals surface area contributed by atoms with Crippen LogP contribution in [0, 0.1) is 5.82 Å². The van der Waals surface area contributed by atoms with Crippen molar-refractivity contribution in [3.63, 3.8) is 0 Å². The van der Waals surface area contributed by atoms with E-state index in [9.17, 15) is 9.18 Å². The smallest absolute Gasteiger partial charge is 0.279 e. The Bertz CT molecular complexity index is 615. The lowest BCUT2D eigenvalue weighted by Crippen LogP contribution is -2.25. The molecule has 1 N–H and O–H groups in total. The molecule has 0 aromatic carbocycles. The number of halogens is 1. The monoisotopic (exact) mass is 250 g/mol. The minimum absolute atomic E-state index is 0.0525. The zero-order valence-corrected chi connectivity index (χ0v) is 10.5. The van der Waals surface area contributed by atoms with Gasteiger partial charge < -0.3 is 5.32 Å². The van der Waals surface area contributed by atoms with Gasteiger partial charge in [0.05, 0.1) is 6.20 Å².